The smallest absolute Gasteiger partial charge is 0.217 e. The number of methoxy groups -OCH3 is 1. The Labute approximate surface area is 88.7 Å². The van der Waals surface area contributed by atoms with Gasteiger partial charge < -0.3 is 4.74 Å². The summed E-state index contributed by atoms with van der Waals surface area (Å²) >= 11 is 9.87. The second kappa shape index (κ2) is 5.35. The van der Waals surface area contributed by atoms with E-state index in [4.69, 9.17) is 16.3 Å². The molecule has 0 aliphatic carbocycles. The Hall–Kier alpha value is -0.410. The number of pyridine rings is 1. The number of hydrogen-bond donors (Lipinski definition) is 1. The molecule has 0 radical (unpaired) electrons. The van der Waals surface area contributed by atoms with Gasteiger partial charge in [0.05, 0.1) is 7.11 Å². The molecule has 0 unspecified atom stereocenters. The van der Waals surface area contributed by atoms with Crippen LogP contribution in [0.5, 0.6) is 5.88 Å². The van der Waals surface area contributed by atoms with Crippen molar-refractivity contribution >= 4 is 24.2 Å². The molecule has 4 heteroatoms. The third kappa shape index (κ3) is 3.08. The third-order valence-electron chi connectivity index (χ3n) is 1.70. The first kappa shape index (κ1) is 10.7. The quantitative estimate of drug-likeness (QED) is 0.619. The van der Waals surface area contributed by atoms with Crippen LogP contribution < -0.4 is 4.74 Å². The highest BCUT2D eigenvalue weighted by molar-refractivity contribution is 7.80. The standard InChI is InChI=1S/C9H12ClNOS/c1-12-9-7(3-2-6-13)4-5-8(10)11-9/h4-5,13H,2-3,6H2,1H3. The van der Waals surface area contributed by atoms with Crippen LogP contribution in [0.15, 0.2) is 12.1 Å². The lowest BCUT2D eigenvalue weighted by Crippen LogP contribution is -1.95. The first-order chi connectivity index (χ1) is 6.27. The van der Waals surface area contributed by atoms with Crippen molar-refractivity contribution in [1.29, 1.82) is 0 Å². The van der Waals surface area contributed by atoms with Gasteiger partial charge in [-0.2, -0.15) is 12.6 Å². The Balaban J connectivity index is 2.79. The van der Waals surface area contributed by atoms with Gasteiger partial charge in [0.15, 0.2) is 0 Å². The summed E-state index contributed by atoms with van der Waals surface area (Å²) in [5.41, 5.74) is 1.08. The summed E-state index contributed by atoms with van der Waals surface area (Å²) in [6.07, 6.45) is 1.94. The minimum Gasteiger partial charge on any atom is -0.481 e. The maximum atomic E-state index is 5.72. The Bertz CT molecular complexity index is 280. The predicted octanol–water partition coefficient (Wildman–Crippen LogP) is 2.61. The second-order valence-corrected chi connectivity index (χ2v) is 3.46. The van der Waals surface area contributed by atoms with Gasteiger partial charge >= 0.3 is 0 Å². The molecule has 1 heterocycles. The van der Waals surface area contributed by atoms with Crippen molar-refractivity contribution in [1.82, 2.24) is 4.98 Å². The zero-order valence-electron chi connectivity index (χ0n) is 7.46. The molecular weight excluding hydrogens is 206 g/mol. The summed E-state index contributed by atoms with van der Waals surface area (Å²) in [6.45, 7) is 0. The molecule has 0 saturated carbocycles. The highest BCUT2D eigenvalue weighted by atomic mass is 35.5. The summed E-state index contributed by atoms with van der Waals surface area (Å²) in [5, 5.41) is 0.464. The number of halogens is 1. The third-order valence-corrected chi connectivity index (χ3v) is 2.23. The Morgan fingerprint density at radius 2 is 2.31 bits per heavy atom. The van der Waals surface area contributed by atoms with Crippen LogP contribution in [0.25, 0.3) is 0 Å². The van der Waals surface area contributed by atoms with Gasteiger partial charge in [-0.25, -0.2) is 4.98 Å². The average molecular weight is 218 g/mol. The summed E-state index contributed by atoms with van der Waals surface area (Å²) in [7, 11) is 1.60. The van der Waals surface area contributed by atoms with Crippen molar-refractivity contribution in [3.05, 3.63) is 22.8 Å². The van der Waals surface area contributed by atoms with E-state index in [1.807, 2.05) is 6.07 Å². The van der Waals surface area contributed by atoms with Crippen molar-refractivity contribution in [3.8, 4) is 5.88 Å². The molecule has 0 aromatic carbocycles. The van der Waals surface area contributed by atoms with Crippen LogP contribution >= 0.6 is 24.2 Å². The van der Waals surface area contributed by atoms with Crippen molar-refractivity contribution < 1.29 is 4.74 Å². The van der Waals surface area contributed by atoms with Crippen molar-refractivity contribution in [2.24, 2.45) is 0 Å². The topological polar surface area (TPSA) is 22.1 Å². The van der Waals surface area contributed by atoms with Gasteiger partial charge in [0.1, 0.15) is 5.15 Å². The van der Waals surface area contributed by atoms with Gasteiger partial charge in [0.2, 0.25) is 5.88 Å². The number of ether oxygens (including phenoxy) is 1. The van der Waals surface area contributed by atoms with Crippen LogP contribution in [0.4, 0.5) is 0 Å². The number of hydrogen-bond acceptors (Lipinski definition) is 3. The summed E-state index contributed by atoms with van der Waals surface area (Å²) in [6, 6.07) is 3.72. The number of thiol groups is 1. The molecule has 1 rings (SSSR count). The summed E-state index contributed by atoms with van der Waals surface area (Å²) < 4.78 is 5.10. The van der Waals surface area contributed by atoms with Gasteiger partial charge in [-0.1, -0.05) is 17.7 Å². The molecule has 1 aromatic rings. The molecule has 0 amide bonds. The molecule has 13 heavy (non-hydrogen) atoms. The first-order valence-corrected chi connectivity index (χ1v) is 5.09. The van der Waals surface area contributed by atoms with Crippen molar-refractivity contribution in [2.75, 3.05) is 12.9 Å². The lowest BCUT2D eigenvalue weighted by Gasteiger charge is -2.06. The van der Waals surface area contributed by atoms with Gasteiger partial charge in [0, 0.05) is 5.56 Å². The van der Waals surface area contributed by atoms with E-state index >= 15 is 0 Å². The fourth-order valence-electron chi connectivity index (χ4n) is 1.08. The zero-order chi connectivity index (χ0) is 9.68. The number of nitrogens with zero attached hydrogens (tertiary/aromatic N) is 1. The molecule has 72 valence electrons. The monoisotopic (exact) mass is 217 g/mol. The van der Waals surface area contributed by atoms with Crippen LogP contribution in [-0.4, -0.2) is 17.8 Å². The zero-order valence-corrected chi connectivity index (χ0v) is 9.11. The van der Waals surface area contributed by atoms with Gasteiger partial charge in [0.25, 0.3) is 0 Å². The average Bonchev–Trinajstić information content (AvgIpc) is 2.16. The first-order valence-electron chi connectivity index (χ1n) is 4.08. The van der Waals surface area contributed by atoms with E-state index in [0.29, 0.717) is 11.0 Å². The molecule has 0 spiro atoms. The molecule has 0 aliphatic rings. The normalized spacial score (nSPS) is 10.1. The molecular formula is C9H12ClNOS. The minimum absolute atomic E-state index is 0.464. The minimum atomic E-state index is 0.464. The fourth-order valence-corrected chi connectivity index (χ4v) is 1.38. The van der Waals surface area contributed by atoms with Crippen LogP contribution in [0.3, 0.4) is 0 Å². The van der Waals surface area contributed by atoms with Gasteiger partial charge in [-0.15, -0.1) is 0 Å². The molecule has 0 bridgehead atoms. The number of aromatic nitrogens is 1. The molecule has 2 nitrogen and oxygen atoms in total. The fraction of sp³-hybridized carbons (Fsp3) is 0.444. The van der Waals surface area contributed by atoms with Crippen molar-refractivity contribution in [3.63, 3.8) is 0 Å². The Kier molecular flexibility index (Phi) is 4.39. The Morgan fingerprint density at radius 1 is 1.54 bits per heavy atom. The molecule has 0 N–H and O–H groups in total. The van der Waals surface area contributed by atoms with Crippen LogP contribution in [0, 0.1) is 0 Å². The van der Waals surface area contributed by atoms with Crippen LogP contribution in [0.2, 0.25) is 5.15 Å². The number of aryl methyl sites for hydroxylation is 1. The summed E-state index contributed by atoms with van der Waals surface area (Å²) in [4.78, 5) is 4.06. The second-order valence-electron chi connectivity index (χ2n) is 2.63. The van der Waals surface area contributed by atoms with Gasteiger partial charge in [-0.05, 0) is 24.7 Å². The largest absolute Gasteiger partial charge is 0.481 e. The molecule has 1 aromatic heterocycles. The SMILES string of the molecule is COc1nc(Cl)ccc1CCCS. The molecule has 0 fully saturated rings. The Morgan fingerprint density at radius 3 is 2.92 bits per heavy atom. The van der Waals surface area contributed by atoms with Gasteiger partial charge in [-0.3, -0.25) is 0 Å². The lowest BCUT2D eigenvalue weighted by molar-refractivity contribution is 0.392. The van der Waals surface area contributed by atoms with E-state index in [0.717, 1.165) is 24.2 Å². The highest BCUT2D eigenvalue weighted by Gasteiger charge is 2.04. The van der Waals surface area contributed by atoms with E-state index in [-0.39, 0.29) is 0 Å². The molecule has 0 atom stereocenters. The van der Waals surface area contributed by atoms with Crippen LogP contribution in [-0.2, 0) is 6.42 Å². The number of rotatable bonds is 4. The highest BCUT2D eigenvalue weighted by Crippen LogP contribution is 2.19. The lowest BCUT2D eigenvalue weighted by atomic mass is 10.1. The van der Waals surface area contributed by atoms with E-state index in [1.54, 1.807) is 13.2 Å². The van der Waals surface area contributed by atoms with E-state index < -0.39 is 0 Å². The summed E-state index contributed by atoms with van der Waals surface area (Å²) in [5.74, 6) is 1.49. The maximum Gasteiger partial charge on any atom is 0.217 e. The van der Waals surface area contributed by atoms with Crippen molar-refractivity contribution in [2.45, 2.75) is 12.8 Å². The van der Waals surface area contributed by atoms with Crippen LogP contribution in [0.1, 0.15) is 12.0 Å². The van der Waals surface area contributed by atoms with E-state index in [1.165, 1.54) is 0 Å². The predicted molar refractivity (Wildman–Crippen MR) is 58.0 cm³/mol. The molecule has 0 aliphatic heterocycles. The maximum absolute atomic E-state index is 5.72. The van der Waals surface area contributed by atoms with E-state index in [9.17, 15) is 0 Å². The van der Waals surface area contributed by atoms with E-state index in [2.05, 4.69) is 17.6 Å². The molecule has 0 saturated heterocycles.